The minimum absolute atomic E-state index is 0.0442. The number of hydrogen-bond acceptors (Lipinski definition) is 3. The number of carbonyl (C=O) groups is 1. The first-order valence-corrected chi connectivity index (χ1v) is 7.90. The molecule has 1 saturated carbocycles. The topological polar surface area (TPSA) is 83.5 Å². The summed E-state index contributed by atoms with van der Waals surface area (Å²) in [6.45, 7) is 0. The molecule has 0 saturated heterocycles. The van der Waals surface area contributed by atoms with Crippen molar-refractivity contribution in [1.82, 2.24) is 4.72 Å². The van der Waals surface area contributed by atoms with Crippen LogP contribution in [0.25, 0.3) is 0 Å². The first-order valence-electron chi connectivity index (χ1n) is 6.25. The molecule has 0 bridgehead atoms. The van der Waals surface area contributed by atoms with Gasteiger partial charge in [-0.3, -0.25) is 4.79 Å². The van der Waals surface area contributed by atoms with Crippen LogP contribution in [0.1, 0.15) is 30.7 Å². The Morgan fingerprint density at radius 3 is 2.63 bits per heavy atom. The molecule has 5 nitrogen and oxygen atoms in total. The molecular weight excluding hydrogens is 266 g/mol. The largest absolute Gasteiger partial charge is 0.481 e. The molecule has 0 aromatic heterocycles. The maximum Gasteiger partial charge on any atom is 0.303 e. The van der Waals surface area contributed by atoms with Gasteiger partial charge in [-0.2, -0.15) is 0 Å². The molecule has 2 atom stereocenters. The van der Waals surface area contributed by atoms with Gasteiger partial charge in [-0.25, -0.2) is 13.1 Å². The van der Waals surface area contributed by atoms with Crippen LogP contribution in [0, 0.1) is 0 Å². The van der Waals surface area contributed by atoms with E-state index in [1.807, 2.05) is 30.3 Å². The van der Waals surface area contributed by atoms with Crippen molar-refractivity contribution in [2.24, 2.45) is 0 Å². The first-order chi connectivity index (χ1) is 8.98. The van der Waals surface area contributed by atoms with Crippen molar-refractivity contribution >= 4 is 16.0 Å². The lowest BCUT2D eigenvalue weighted by Crippen LogP contribution is -2.29. The number of sulfonamides is 1. The Kier molecular flexibility index (Phi) is 4.21. The van der Waals surface area contributed by atoms with Gasteiger partial charge >= 0.3 is 5.97 Å². The Bertz CT molecular complexity index is 541. The van der Waals surface area contributed by atoms with Crippen LogP contribution in [0.3, 0.4) is 0 Å². The second-order valence-electron chi connectivity index (χ2n) is 4.79. The van der Waals surface area contributed by atoms with E-state index in [-0.39, 0.29) is 30.6 Å². The molecule has 104 valence electrons. The summed E-state index contributed by atoms with van der Waals surface area (Å²) in [6.07, 6.45) is 0.837. The molecule has 0 radical (unpaired) electrons. The molecule has 0 heterocycles. The average Bonchev–Trinajstić information content (AvgIpc) is 3.07. The van der Waals surface area contributed by atoms with E-state index in [0.29, 0.717) is 0 Å². The molecule has 0 amide bonds. The highest BCUT2D eigenvalue weighted by molar-refractivity contribution is 7.89. The molecule has 0 spiro atoms. The highest BCUT2D eigenvalue weighted by Gasteiger charge is 2.40. The van der Waals surface area contributed by atoms with Crippen molar-refractivity contribution in [2.75, 3.05) is 5.75 Å². The maximum absolute atomic E-state index is 11.7. The lowest BCUT2D eigenvalue weighted by molar-refractivity contribution is -0.137. The zero-order valence-corrected chi connectivity index (χ0v) is 11.3. The molecular formula is C13H17NO4S. The summed E-state index contributed by atoms with van der Waals surface area (Å²) >= 11 is 0. The fourth-order valence-electron chi connectivity index (χ4n) is 2.10. The molecule has 1 fully saturated rings. The Morgan fingerprint density at radius 2 is 2.00 bits per heavy atom. The SMILES string of the molecule is O=C(O)CCCS(=O)(=O)NC1CC1c1ccccc1. The van der Waals surface area contributed by atoms with Gasteiger partial charge in [-0.05, 0) is 18.4 Å². The van der Waals surface area contributed by atoms with E-state index in [1.165, 1.54) is 0 Å². The van der Waals surface area contributed by atoms with Crippen molar-refractivity contribution in [3.8, 4) is 0 Å². The third kappa shape index (κ3) is 4.33. The Balaban J connectivity index is 1.81. The molecule has 1 aromatic rings. The van der Waals surface area contributed by atoms with Crippen molar-refractivity contribution in [1.29, 1.82) is 0 Å². The fourth-order valence-corrected chi connectivity index (χ4v) is 3.46. The molecule has 6 heteroatoms. The average molecular weight is 283 g/mol. The summed E-state index contributed by atoms with van der Waals surface area (Å²) in [7, 11) is -3.37. The Hall–Kier alpha value is -1.40. The van der Waals surface area contributed by atoms with Crippen LogP contribution < -0.4 is 4.72 Å². The van der Waals surface area contributed by atoms with Crippen LogP contribution in [0.4, 0.5) is 0 Å². The molecule has 2 N–H and O–H groups in total. The van der Waals surface area contributed by atoms with Crippen LogP contribution in [-0.2, 0) is 14.8 Å². The van der Waals surface area contributed by atoms with Gasteiger partial charge in [0.05, 0.1) is 5.75 Å². The summed E-state index contributed by atoms with van der Waals surface area (Å²) in [5, 5.41) is 8.48. The monoisotopic (exact) mass is 283 g/mol. The van der Waals surface area contributed by atoms with E-state index in [4.69, 9.17) is 5.11 Å². The second-order valence-corrected chi connectivity index (χ2v) is 6.67. The van der Waals surface area contributed by atoms with Gasteiger partial charge in [-0.15, -0.1) is 0 Å². The minimum atomic E-state index is -3.37. The minimum Gasteiger partial charge on any atom is -0.481 e. The molecule has 1 aromatic carbocycles. The van der Waals surface area contributed by atoms with Gasteiger partial charge < -0.3 is 5.11 Å². The molecule has 2 rings (SSSR count). The van der Waals surface area contributed by atoms with Gasteiger partial charge in [0, 0.05) is 18.4 Å². The van der Waals surface area contributed by atoms with Crippen molar-refractivity contribution in [3.63, 3.8) is 0 Å². The number of benzene rings is 1. The highest BCUT2D eigenvalue weighted by atomic mass is 32.2. The predicted molar refractivity (Wildman–Crippen MR) is 71.4 cm³/mol. The van der Waals surface area contributed by atoms with E-state index in [1.54, 1.807) is 0 Å². The third-order valence-electron chi connectivity index (χ3n) is 3.15. The molecule has 0 aliphatic heterocycles. The molecule has 19 heavy (non-hydrogen) atoms. The maximum atomic E-state index is 11.7. The van der Waals surface area contributed by atoms with Crippen LogP contribution in [0.5, 0.6) is 0 Å². The van der Waals surface area contributed by atoms with Gasteiger partial charge in [-0.1, -0.05) is 30.3 Å². The van der Waals surface area contributed by atoms with Crippen LogP contribution >= 0.6 is 0 Å². The van der Waals surface area contributed by atoms with Crippen molar-refractivity contribution in [3.05, 3.63) is 35.9 Å². The van der Waals surface area contributed by atoms with Crippen LogP contribution in [0.2, 0.25) is 0 Å². The molecule has 2 unspecified atom stereocenters. The van der Waals surface area contributed by atoms with E-state index < -0.39 is 16.0 Å². The third-order valence-corrected chi connectivity index (χ3v) is 4.64. The number of rotatable bonds is 7. The first kappa shape index (κ1) is 14.0. The fraction of sp³-hybridized carbons (Fsp3) is 0.462. The van der Waals surface area contributed by atoms with Gasteiger partial charge in [0.1, 0.15) is 0 Å². The number of nitrogens with one attached hydrogen (secondary N) is 1. The van der Waals surface area contributed by atoms with E-state index in [0.717, 1.165) is 12.0 Å². The van der Waals surface area contributed by atoms with E-state index in [2.05, 4.69) is 4.72 Å². The van der Waals surface area contributed by atoms with E-state index >= 15 is 0 Å². The van der Waals surface area contributed by atoms with Crippen LogP contribution in [-0.4, -0.2) is 31.3 Å². The molecule has 1 aliphatic carbocycles. The number of hydrogen-bond donors (Lipinski definition) is 2. The lowest BCUT2D eigenvalue weighted by Gasteiger charge is -2.05. The highest BCUT2D eigenvalue weighted by Crippen LogP contribution is 2.40. The number of carboxylic acids is 1. The summed E-state index contributed by atoms with van der Waals surface area (Å²) in [4.78, 5) is 10.3. The van der Waals surface area contributed by atoms with Crippen molar-refractivity contribution in [2.45, 2.75) is 31.2 Å². The zero-order valence-electron chi connectivity index (χ0n) is 10.5. The summed E-state index contributed by atoms with van der Waals surface area (Å²) < 4.78 is 26.1. The zero-order chi connectivity index (χ0) is 13.9. The Labute approximate surface area is 112 Å². The molecule has 1 aliphatic rings. The summed E-state index contributed by atoms with van der Waals surface area (Å²) in [5.41, 5.74) is 1.14. The lowest BCUT2D eigenvalue weighted by atomic mass is 10.1. The normalized spacial score (nSPS) is 22.1. The standard InChI is InChI=1S/C13H17NO4S/c15-13(16)7-4-8-19(17,18)14-12-9-11(12)10-5-2-1-3-6-10/h1-3,5-6,11-12,14H,4,7-9H2,(H,15,16). The van der Waals surface area contributed by atoms with Crippen LogP contribution in [0.15, 0.2) is 30.3 Å². The summed E-state index contributed by atoms with van der Waals surface area (Å²) in [6, 6.07) is 9.74. The van der Waals surface area contributed by atoms with Gasteiger partial charge in [0.15, 0.2) is 0 Å². The quantitative estimate of drug-likeness (QED) is 0.790. The smallest absolute Gasteiger partial charge is 0.303 e. The van der Waals surface area contributed by atoms with Gasteiger partial charge in [0.2, 0.25) is 10.0 Å². The van der Waals surface area contributed by atoms with Gasteiger partial charge in [0.25, 0.3) is 0 Å². The second kappa shape index (κ2) is 5.71. The number of aliphatic carboxylic acids is 1. The Morgan fingerprint density at radius 1 is 1.32 bits per heavy atom. The van der Waals surface area contributed by atoms with E-state index in [9.17, 15) is 13.2 Å². The van der Waals surface area contributed by atoms with Crippen molar-refractivity contribution < 1.29 is 18.3 Å². The predicted octanol–water partition coefficient (Wildman–Crippen LogP) is 1.33. The number of carboxylic acid groups (broad SMARTS) is 1. The summed E-state index contributed by atoms with van der Waals surface area (Å²) in [5.74, 6) is -0.851.